The maximum absolute atomic E-state index is 12.6. The molecule has 0 aliphatic carbocycles. The molecule has 1 atom stereocenters. The van der Waals surface area contributed by atoms with Gasteiger partial charge in [0.25, 0.3) is 0 Å². The highest BCUT2D eigenvalue weighted by Gasteiger charge is 2.19. The lowest BCUT2D eigenvalue weighted by Gasteiger charge is -2.18. The van der Waals surface area contributed by atoms with Crippen LogP contribution in [0.4, 0.5) is 0 Å². The molecule has 0 spiro atoms. The van der Waals surface area contributed by atoms with Crippen LogP contribution in [0.25, 0.3) is 0 Å². The molecule has 0 aliphatic heterocycles. The molecule has 0 aliphatic rings. The first-order chi connectivity index (χ1) is 23.9. The van der Waals surface area contributed by atoms with E-state index in [2.05, 4.69) is 27.7 Å². The summed E-state index contributed by atoms with van der Waals surface area (Å²) in [5.74, 6) is -0.0331. The third kappa shape index (κ3) is 37.5. The van der Waals surface area contributed by atoms with Crippen LogP contribution in [0.15, 0.2) is 0 Å². The van der Waals surface area contributed by atoms with Crippen molar-refractivity contribution in [2.75, 3.05) is 13.2 Å². The molecule has 0 aromatic heterocycles. The monoisotopic (exact) mass is 695 g/mol. The molecule has 0 radical (unpaired) electrons. The standard InChI is InChI=1S/C43H82O6/c1-5-7-9-11-13-18-24-28-32-36-43(46)49-40(37-47-41(44)34-30-26-21-12-10-8-6-2)38-48-42(45)35-31-27-23-20-17-15-14-16-19-22-25-29-33-39(3)4/h39-40H,5-38H2,1-4H3/t40-/m1/s1. The Morgan fingerprint density at radius 1 is 0.388 bits per heavy atom. The summed E-state index contributed by atoms with van der Waals surface area (Å²) in [7, 11) is 0. The van der Waals surface area contributed by atoms with Gasteiger partial charge in [-0.25, -0.2) is 0 Å². The molecule has 0 aromatic carbocycles. The van der Waals surface area contributed by atoms with Gasteiger partial charge in [0.2, 0.25) is 0 Å². The van der Waals surface area contributed by atoms with Crippen LogP contribution in [0.1, 0.15) is 233 Å². The molecule has 0 saturated carbocycles. The molecule has 0 saturated heterocycles. The summed E-state index contributed by atoms with van der Waals surface area (Å²) in [6, 6.07) is 0. The average Bonchev–Trinajstić information content (AvgIpc) is 3.08. The van der Waals surface area contributed by atoms with Crippen LogP contribution in [0.2, 0.25) is 0 Å². The third-order valence-electron chi connectivity index (χ3n) is 9.54. The van der Waals surface area contributed by atoms with E-state index in [1.54, 1.807) is 0 Å². The van der Waals surface area contributed by atoms with Gasteiger partial charge < -0.3 is 14.2 Å². The molecule has 0 rings (SSSR count). The van der Waals surface area contributed by atoms with Crippen molar-refractivity contribution in [2.45, 2.75) is 239 Å². The van der Waals surface area contributed by atoms with Crippen molar-refractivity contribution in [3.8, 4) is 0 Å². The van der Waals surface area contributed by atoms with Crippen molar-refractivity contribution in [1.29, 1.82) is 0 Å². The van der Waals surface area contributed by atoms with E-state index < -0.39 is 6.10 Å². The zero-order valence-electron chi connectivity index (χ0n) is 33.1. The quantitative estimate of drug-likeness (QED) is 0.0364. The summed E-state index contributed by atoms with van der Waals surface area (Å²) in [6.07, 6.45) is 35.3. The summed E-state index contributed by atoms with van der Waals surface area (Å²) in [6.45, 7) is 8.93. The number of esters is 3. The van der Waals surface area contributed by atoms with E-state index in [1.807, 2.05) is 0 Å². The maximum Gasteiger partial charge on any atom is 0.306 e. The van der Waals surface area contributed by atoms with Gasteiger partial charge in [-0.2, -0.15) is 0 Å². The zero-order valence-corrected chi connectivity index (χ0v) is 33.1. The molecule has 0 aromatic rings. The highest BCUT2D eigenvalue weighted by molar-refractivity contribution is 5.71. The Kier molecular flexibility index (Phi) is 36.4. The van der Waals surface area contributed by atoms with Crippen LogP contribution in [0.3, 0.4) is 0 Å². The van der Waals surface area contributed by atoms with Gasteiger partial charge in [0.15, 0.2) is 6.10 Å². The molecular weight excluding hydrogens is 612 g/mol. The molecule has 0 N–H and O–H groups in total. The molecule has 0 fully saturated rings. The summed E-state index contributed by atoms with van der Waals surface area (Å²) in [5, 5.41) is 0. The first kappa shape index (κ1) is 47.4. The second kappa shape index (κ2) is 37.7. The van der Waals surface area contributed by atoms with Crippen LogP contribution < -0.4 is 0 Å². The lowest BCUT2D eigenvalue weighted by molar-refractivity contribution is -0.167. The van der Waals surface area contributed by atoms with E-state index in [4.69, 9.17) is 14.2 Å². The smallest absolute Gasteiger partial charge is 0.306 e. The maximum atomic E-state index is 12.6. The molecular formula is C43H82O6. The van der Waals surface area contributed by atoms with Gasteiger partial charge in [0.05, 0.1) is 0 Å². The number of ether oxygens (including phenoxy) is 3. The van der Waals surface area contributed by atoms with E-state index in [0.29, 0.717) is 19.3 Å². The fourth-order valence-electron chi connectivity index (χ4n) is 6.27. The second-order valence-corrected chi connectivity index (χ2v) is 15.1. The molecule has 0 bridgehead atoms. The van der Waals surface area contributed by atoms with Crippen LogP contribution in [-0.4, -0.2) is 37.2 Å². The van der Waals surface area contributed by atoms with E-state index in [-0.39, 0.29) is 31.1 Å². The molecule has 0 heterocycles. The van der Waals surface area contributed by atoms with Crippen molar-refractivity contribution in [3.63, 3.8) is 0 Å². The SMILES string of the molecule is CCCCCCCCCCCC(=O)O[C@H](COC(=O)CCCCCCCCC)COC(=O)CCCCCCCCCCCCCCC(C)C. The van der Waals surface area contributed by atoms with Crippen LogP contribution in [0.5, 0.6) is 0 Å². The van der Waals surface area contributed by atoms with Crippen LogP contribution >= 0.6 is 0 Å². The van der Waals surface area contributed by atoms with Crippen molar-refractivity contribution in [2.24, 2.45) is 5.92 Å². The number of rotatable bonds is 38. The summed E-state index contributed by atoms with van der Waals surface area (Å²) in [4.78, 5) is 37.4. The van der Waals surface area contributed by atoms with E-state index in [9.17, 15) is 14.4 Å². The lowest BCUT2D eigenvalue weighted by Crippen LogP contribution is -2.30. The molecule has 6 heteroatoms. The third-order valence-corrected chi connectivity index (χ3v) is 9.54. The van der Waals surface area contributed by atoms with Crippen molar-refractivity contribution in [1.82, 2.24) is 0 Å². The zero-order chi connectivity index (χ0) is 36.0. The summed E-state index contributed by atoms with van der Waals surface area (Å²) < 4.78 is 16.6. The highest BCUT2D eigenvalue weighted by Crippen LogP contribution is 2.16. The minimum atomic E-state index is -0.756. The Morgan fingerprint density at radius 3 is 1.00 bits per heavy atom. The predicted molar refractivity (Wildman–Crippen MR) is 206 cm³/mol. The van der Waals surface area contributed by atoms with E-state index >= 15 is 0 Å². The largest absolute Gasteiger partial charge is 0.462 e. The van der Waals surface area contributed by atoms with Gasteiger partial charge in [-0.1, -0.05) is 195 Å². The Bertz CT molecular complexity index is 736. The molecule has 6 nitrogen and oxygen atoms in total. The minimum absolute atomic E-state index is 0.0647. The topological polar surface area (TPSA) is 78.9 Å². The van der Waals surface area contributed by atoms with Gasteiger partial charge in [-0.3, -0.25) is 14.4 Å². The van der Waals surface area contributed by atoms with Gasteiger partial charge in [-0.15, -0.1) is 0 Å². The molecule has 0 unspecified atom stereocenters. The lowest BCUT2D eigenvalue weighted by atomic mass is 10.0. The first-order valence-corrected chi connectivity index (χ1v) is 21.4. The number of carbonyl (C=O) groups excluding carboxylic acids is 3. The Labute approximate surface area is 304 Å². The fraction of sp³-hybridized carbons (Fsp3) is 0.930. The predicted octanol–water partition coefficient (Wildman–Crippen LogP) is 13.2. The first-order valence-electron chi connectivity index (χ1n) is 21.4. The second-order valence-electron chi connectivity index (χ2n) is 15.1. The van der Waals surface area contributed by atoms with Gasteiger partial charge >= 0.3 is 17.9 Å². The van der Waals surface area contributed by atoms with Gasteiger partial charge in [-0.05, 0) is 25.2 Å². The molecule has 0 amide bonds. The van der Waals surface area contributed by atoms with Gasteiger partial charge in [0.1, 0.15) is 13.2 Å². The van der Waals surface area contributed by atoms with Crippen molar-refractivity contribution < 1.29 is 28.6 Å². The Morgan fingerprint density at radius 2 is 0.673 bits per heavy atom. The van der Waals surface area contributed by atoms with E-state index in [0.717, 1.165) is 63.7 Å². The van der Waals surface area contributed by atoms with Gasteiger partial charge in [0, 0.05) is 19.3 Å². The minimum Gasteiger partial charge on any atom is -0.462 e. The normalized spacial score (nSPS) is 11.9. The Hall–Kier alpha value is -1.59. The molecule has 49 heavy (non-hydrogen) atoms. The van der Waals surface area contributed by atoms with Crippen molar-refractivity contribution in [3.05, 3.63) is 0 Å². The Balaban J connectivity index is 4.24. The van der Waals surface area contributed by atoms with Crippen LogP contribution in [0, 0.1) is 5.92 Å². The summed E-state index contributed by atoms with van der Waals surface area (Å²) >= 11 is 0. The average molecular weight is 695 g/mol. The van der Waals surface area contributed by atoms with Crippen LogP contribution in [-0.2, 0) is 28.6 Å². The number of unbranched alkanes of at least 4 members (excludes halogenated alkanes) is 25. The van der Waals surface area contributed by atoms with Crippen molar-refractivity contribution >= 4 is 17.9 Å². The van der Waals surface area contributed by atoms with E-state index in [1.165, 1.54) is 128 Å². The number of hydrogen-bond acceptors (Lipinski definition) is 6. The summed E-state index contributed by atoms with van der Waals surface area (Å²) in [5.41, 5.74) is 0. The fourth-order valence-corrected chi connectivity index (χ4v) is 6.27. The number of carbonyl (C=O) groups is 3. The highest BCUT2D eigenvalue weighted by atomic mass is 16.6. The molecule has 290 valence electrons. The number of hydrogen-bond donors (Lipinski definition) is 0.